The minimum Gasteiger partial charge on any atom is -0.497 e. The van der Waals surface area contributed by atoms with Crippen molar-refractivity contribution in [3.05, 3.63) is 41.3 Å². The third kappa shape index (κ3) is 3.26. The van der Waals surface area contributed by atoms with E-state index in [0.717, 1.165) is 5.76 Å². The van der Waals surface area contributed by atoms with Crippen molar-refractivity contribution >= 4 is 0 Å². The molecule has 0 aliphatic carbocycles. The first-order valence-electron chi connectivity index (χ1n) is 6.01. The van der Waals surface area contributed by atoms with E-state index in [0.29, 0.717) is 22.8 Å². The minimum absolute atomic E-state index is 0.282. The summed E-state index contributed by atoms with van der Waals surface area (Å²) in [4.78, 5) is 0. The van der Waals surface area contributed by atoms with Crippen LogP contribution in [0.5, 0.6) is 11.5 Å². The highest BCUT2D eigenvalue weighted by atomic mass is 16.5. The van der Waals surface area contributed by atoms with Crippen LogP contribution in [0.2, 0.25) is 0 Å². The standard InChI is InChI=1S/C14H17NO4/c1-9-6-11(15-19-9)8-18-14-7-12(17-3)4-5-13(14)10(2)16/h4-7,10,16H,8H2,1-3H3/t10-/m1/s1. The van der Waals surface area contributed by atoms with Crippen molar-refractivity contribution in [1.29, 1.82) is 0 Å². The lowest BCUT2D eigenvalue weighted by atomic mass is 10.1. The molecule has 102 valence electrons. The number of nitrogens with zero attached hydrogens (tertiary/aromatic N) is 1. The van der Waals surface area contributed by atoms with Crippen LogP contribution in [0.15, 0.2) is 28.8 Å². The van der Waals surface area contributed by atoms with Crippen molar-refractivity contribution in [3.63, 3.8) is 0 Å². The van der Waals surface area contributed by atoms with E-state index in [-0.39, 0.29) is 6.61 Å². The third-order valence-electron chi connectivity index (χ3n) is 2.72. The van der Waals surface area contributed by atoms with Gasteiger partial charge in [-0.25, -0.2) is 0 Å². The third-order valence-corrected chi connectivity index (χ3v) is 2.72. The quantitative estimate of drug-likeness (QED) is 0.898. The van der Waals surface area contributed by atoms with Crippen molar-refractivity contribution in [2.45, 2.75) is 26.6 Å². The Labute approximate surface area is 111 Å². The second-order valence-corrected chi connectivity index (χ2v) is 4.30. The fourth-order valence-corrected chi connectivity index (χ4v) is 1.75. The molecule has 1 aromatic carbocycles. The fourth-order valence-electron chi connectivity index (χ4n) is 1.75. The summed E-state index contributed by atoms with van der Waals surface area (Å²) in [6.45, 7) is 3.79. The number of methoxy groups -OCH3 is 1. The average molecular weight is 263 g/mol. The molecule has 0 bridgehead atoms. The number of rotatable bonds is 5. The number of benzene rings is 1. The van der Waals surface area contributed by atoms with Crippen LogP contribution in [0.4, 0.5) is 0 Å². The number of aliphatic hydroxyl groups is 1. The van der Waals surface area contributed by atoms with Gasteiger partial charge in [-0.05, 0) is 26.0 Å². The van der Waals surface area contributed by atoms with Crippen molar-refractivity contribution < 1.29 is 19.1 Å². The average Bonchev–Trinajstić information content (AvgIpc) is 2.81. The lowest BCUT2D eigenvalue weighted by molar-refractivity contribution is 0.189. The minimum atomic E-state index is -0.611. The van der Waals surface area contributed by atoms with E-state index in [9.17, 15) is 5.11 Å². The summed E-state index contributed by atoms with van der Waals surface area (Å²) in [5.41, 5.74) is 1.41. The highest BCUT2D eigenvalue weighted by Gasteiger charge is 2.11. The molecule has 1 N–H and O–H groups in total. The highest BCUT2D eigenvalue weighted by Crippen LogP contribution is 2.30. The summed E-state index contributed by atoms with van der Waals surface area (Å²) in [5, 5.41) is 13.6. The first-order valence-corrected chi connectivity index (χ1v) is 6.01. The van der Waals surface area contributed by atoms with Gasteiger partial charge in [0.1, 0.15) is 29.6 Å². The molecule has 0 saturated carbocycles. The van der Waals surface area contributed by atoms with Gasteiger partial charge < -0.3 is 19.1 Å². The molecule has 0 saturated heterocycles. The monoisotopic (exact) mass is 263 g/mol. The normalized spacial score (nSPS) is 12.2. The smallest absolute Gasteiger partial charge is 0.134 e. The number of hydrogen-bond acceptors (Lipinski definition) is 5. The summed E-state index contributed by atoms with van der Waals surface area (Å²) >= 11 is 0. The van der Waals surface area contributed by atoms with Crippen molar-refractivity contribution in [3.8, 4) is 11.5 Å². The van der Waals surface area contributed by atoms with Crippen molar-refractivity contribution in [2.75, 3.05) is 7.11 Å². The molecule has 0 amide bonds. The topological polar surface area (TPSA) is 64.7 Å². The number of hydrogen-bond donors (Lipinski definition) is 1. The SMILES string of the molecule is COc1ccc([C@@H](C)O)c(OCc2cc(C)on2)c1. The first-order chi connectivity index (χ1) is 9.10. The zero-order chi connectivity index (χ0) is 13.8. The summed E-state index contributed by atoms with van der Waals surface area (Å²) in [7, 11) is 1.59. The molecule has 0 spiro atoms. The fraction of sp³-hybridized carbons (Fsp3) is 0.357. The predicted octanol–water partition coefficient (Wildman–Crippen LogP) is 2.62. The molecule has 0 radical (unpaired) electrons. The Morgan fingerprint density at radius 1 is 1.37 bits per heavy atom. The molecule has 5 nitrogen and oxygen atoms in total. The second kappa shape index (κ2) is 5.75. The van der Waals surface area contributed by atoms with Gasteiger partial charge in [0.15, 0.2) is 0 Å². The maximum absolute atomic E-state index is 9.71. The molecule has 2 aromatic rings. The van der Waals surface area contributed by atoms with E-state index in [4.69, 9.17) is 14.0 Å². The van der Waals surface area contributed by atoms with E-state index in [1.807, 2.05) is 13.0 Å². The van der Waals surface area contributed by atoms with Crippen LogP contribution >= 0.6 is 0 Å². The zero-order valence-corrected chi connectivity index (χ0v) is 11.2. The zero-order valence-electron chi connectivity index (χ0n) is 11.2. The van der Waals surface area contributed by atoms with E-state index >= 15 is 0 Å². The molecule has 19 heavy (non-hydrogen) atoms. The van der Waals surface area contributed by atoms with Crippen LogP contribution in [0, 0.1) is 6.92 Å². The molecule has 0 aliphatic rings. The molecule has 1 heterocycles. The molecule has 0 unspecified atom stereocenters. The van der Waals surface area contributed by atoms with Gasteiger partial charge in [-0.1, -0.05) is 5.16 Å². The van der Waals surface area contributed by atoms with Crippen LogP contribution in [0.25, 0.3) is 0 Å². The Morgan fingerprint density at radius 3 is 2.74 bits per heavy atom. The largest absolute Gasteiger partial charge is 0.497 e. The van der Waals surface area contributed by atoms with Crippen LogP contribution in [-0.4, -0.2) is 17.4 Å². The molecule has 5 heteroatoms. The van der Waals surface area contributed by atoms with Gasteiger partial charge in [0, 0.05) is 17.7 Å². The summed E-state index contributed by atoms with van der Waals surface area (Å²) in [5.74, 6) is 1.99. The van der Waals surface area contributed by atoms with Gasteiger partial charge in [0.2, 0.25) is 0 Å². The van der Waals surface area contributed by atoms with Crippen LogP contribution in [0.1, 0.15) is 30.0 Å². The van der Waals surface area contributed by atoms with Crippen molar-refractivity contribution in [1.82, 2.24) is 5.16 Å². The maximum atomic E-state index is 9.71. The molecular formula is C14H17NO4. The Morgan fingerprint density at radius 2 is 2.16 bits per heavy atom. The Bertz CT molecular complexity index is 548. The Hall–Kier alpha value is -2.01. The van der Waals surface area contributed by atoms with E-state index in [1.165, 1.54) is 0 Å². The van der Waals surface area contributed by atoms with E-state index in [2.05, 4.69) is 5.16 Å². The summed E-state index contributed by atoms with van der Waals surface area (Å²) in [6.07, 6.45) is -0.611. The summed E-state index contributed by atoms with van der Waals surface area (Å²) < 4.78 is 15.8. The van der Waals surface area contributed by atoms with Crippen LogP contribution in [0.3, 0.4) is 0 Å². The predicted molar refractivity (Wildman–Crippen MR) is 69.2 cm³/mol. The number of ether oxygens (including phenoxy) is 2. The van der Waals surface area contributed by atoms with Gasteiger partial charge >= 0.3 is 0 Å². The Balaban J connectivity index is 2.17. The molecule has 2 rings (SSSR count). The van der Waals surface area contributed by atoms with Gasteiger partial charge in [-0.2, -0.15) is 0 Å². The van der Waals surface area contributed by atoms with E-state index in [1.54, 1.807) is 32.2 Å². The van der Waals surface area contributed by atoms with Crippen molar-refractivity contribution in [2.24, 2.45) is 0 Å². The molecule has 0 fully saturated rings. The second-order valence-electron chi connectivity index (χ2n) is 4.30. The lowest BCUT2D eigenvalue weighted by Crippen LogP contribution is -2.01. The van der Waals surface area contributed by atoms with Gasteiger partial charge in [0.05, 0.1) is 13.2 Å². The van der Waals surface area contributed by atoms with Gasteiger partial charge in [-0.3, -0.25) is 0 Å². The number of aryl methyl sites for hydroxylation is 1. The van der Waals surface area contributed by atoms with Crippen LogP contribution < -0.4 is 9.47 Å². The summed E-state index contributed by atoms with van der Waals surface area (Å²) in [6, 6.07) is 7.12. The van der Waals surface area contributed by atoms with Gasteiger partial charge in [0.25, 0.3) is 0 Å². The van der Waals surface area contributed by atoms with Crippen LogP contribution in [-0.2, 0) is 6.61 Å². The van der Waals surface area contributed by atoms with E-state index < -0.39 is 6.10 Å². The maximum Gasteiger partial charge on any atom is 0.134 e. The molecule has 1 aromatic heterocycles. The van der Waals surface area contributed by atoms with Gasteiger partial charge in [-0.15, -0.1) is 0 Å². The highest BCUT2D eigenvalue weighted by molar-refractivity contribution is 5.41. The Kier molecular flexibility index (Phi) is 4.06. The molecule has 0 aliphatic heterocycles. The lowest BCUT2D eigenvalue weighted by Gasteiger charge is -2.13. The number of aromatic nitrogens is 1. The molecular weight excluding hydrogens is 246 g/mol. The number of aliphatic hydroxyl groups excluding tert-OH is 1. The molecule has 1 atom stereocenters. The first kappa shape index (κ1) is 13.4.